The lowest BCUT2D eigenvalue weighted by Gasteiger charge is -2.29. The molecule has 1 aliphatic heterocycles. The second-order valence-corrected chi connectivity index (χ2v) is 5.29. The average Bonchev–Trinajstić information content (AvgIpc) is 3.06. The molecule has 0 saturated heterocycles. The highest BCUT2D eigenvalue weighted by molar-refractivity contribution is 5.54. The fraction of sp³-hybridized carbons (Fsp3) is 0.571. The van der Waals surface area contributed by atoms with Crippen molar-refractivity contribution in [2.75, 3.05) is 13.3 Å². The number of fused-ring (bicyclic) bond motifs is 1. The third kappa shape index (κ3) is 1.96. The highest BCUT2D eigenvalue weighted by Gasteiger charge is 2.39. The monoisotopic (exact) mass is 269 g/mol. The molecule has 0 bridgehead atoms. The third-order valence-electron chi connectivity index (χ3n) is 4.27. The van der Waals surface area contributed by atoms with Gasteiger partial charge < -0.3 is 15.2 Å². The number of benzene rings is 1. The minimum absolute atomic E-state index is 0.0148. The quantitative estimate of drug-likeness (QED) is 0.917. The highest BCUT2D eigenvalue weighted by atomic mass is 19.3. The third-order valence-corrected chi connectivity index (χ3v) is 4.27. The Kier molecular flexibility index (Phi) is 3.09. The fourth-order valence-electron chi connectivity index (χ4n) is 3.19. The molecule has 0 aromatic heterocycles. The maximum atomic E-state index is 13.0. The molecule has 0 unspecified atom stereocenters. The topological polar surface area (TPSA) is 44.5 Å². The van der Waals surface area contributed by atoms with Crippen LogP contribution in [0.25, 0.3) is 0 Å². The van der Waals surface area contributed by atoms with E-state index in [-0.39, 0.29) is 17.8 Å². The summed E-state index contributed by atoms with van der Waals surface area (Å²) < 4.78 is 36.8. The summed E-state index contributed by atoms with van der Waals surface area (Å²) in [6, 6.07) is 2.92. The number of ether oxygens (including phenoxy) is 2. The molecule has 1 heterocycles. The van der Waals surface area contributed by atoms with Gasteiger partial charge in [0.15, 0.2) is 11.5 Å². The minimum atomic E-state index is -2.51. The predicted molar refractivity (Wildman–Crippen MR) is 66.7 cm³/mol. The summed E-state index contributed by atoms with van der Waals surface area (Å²) >= 11 is 0. The molecule has 2 N–H and O–H groups in total. The maximum absolute atomic E-state index is 13.0. The molecule has 0 amide bonds. The fourth-order valence-corrected chi connectivity index (χ4v) is 3.19. The molecular formula is C14H17F2NO2. The molecule has 0 radical (unpaired) electrons. The first-order valence-corrected chi connectivity index (χ1v) is 6.58. The zero-order valence-electron chi connectivity index (χ0n) is 10.6. The van der Waals surface area contributed by atoms with Crippen LogP contribution in [0.4, 0.5) is 8.78 Å². The van der Waals surface area contributed by atoms with Gasteiger partial charge in [-0.1, -0.05) is 12.8 Å². The van der Waals surface area contributed by atoms with Crippen LogP contribution >= 0.6 is 0 Å². The molecule has 1 aliphatic carbocycles. The Balaban J connectivity index is 2.13. The molecule has 5 heteroatoms. The second kappa shape index (κ2) is 4.63. The van der Waals surface area contributed by atoms with Gasteiger partial charge in [-0.3, -0.25) is 0 Å². The first kappa shape index (κ1) is 12.7. The smallest absolute Gasteiger partial charge is 0.263 e. The van der Waals surface area contributed by atoms with Crippen LogP contribution in [0.1, 0.15) is 43.2 Å². The van der Waals surface area contributed by atoms with Crippen LogP contribution in [0.15, 0.2) is 12.1 Å². The van der Waals surface area contributed by atoms with E-state index in [1.165, 1.54) is 6.07 Å². The lowest BCUT2D eigenvalue weighted by molar-refractivity contribution is 0.150. The van der Waals surface area contributed by atoms with E-state index in [9.17, 15) is 8.78 Å². The molecule has 3 rings (SSSR count). The van der Waals surface area contributed by atoms with Crippen LogP contribution in [0, 0.1) is 0 Å². The predicted octanol–water partition coefficient (Wildman–Crippen LogP) is 3.12. The second-order valence-electron chi connectivity index (χ2n) is 5.29. The Hall–Kier alpha value is -1.36. The first-order chi connectivity index (χ1) is 9.16. The summed E-state index contributed by atoms with van der Waals surface area (Å²) in [5, 5.41) is 0. The zero-order chi connectivity index (χ0) is 13.5. The van der Waals surface area contributed by atoms with E-state index in [0.717, 1.165) is 31.2 Å². The van der Waals surface area contributed by atoms with Crippen LogP contribution in [-0.2, 0) is 5.41 Å². The minimum Gasteiger partial charge on any atom is -0.454 e. The van der Waals surface area contributed by atoms with E-state index < -0.39 is 6.43 Å². The zero-order valence-corrected chi connectivity index (χ0v) is 10.6. The average molecular weight is 269 g/mol. The van der Waals surface area contributed by atoms with E-state index in [1.54, 1.807) is 6.07 Å². The Labute approximate surface area is 110 Å². The molecule has 1 aromatic carbocycles. The van der Waals surface area contributed by atoms with Crippen LogP contribution < -0.4 is 15.2 Å². The van der Waals surface area contributed by atoms with Gasteiger partial charge in [0.1, 0.15) is 0 Å². The number of hydrogen-bond donors (Lipinski definition) is 1. The number of nitrogens with two attached hydrogens (primary N) is 1. The van der Waals surface area contributed by atoms with E-state index in [4.69, 9.17) is 15.2 Å². The van der Waals surface area contributed by atoms with Crippen molar-refractivity contribution >= 4 is 0 Å². The molecule has 1 fully saturated rings. The van der Waals surface area contributed by atoms with E-state index in [1.807, 2.05) is 0 Å². The molecule has 3 nitrogen and oxygen atoms in total. The Morgan fingerprint density at radius 1 is 1.21 bits per heavy atom. The van der Waals surface area contributed by atoms with E-state index >= 15 is 0 Å². The van der Waals surface area contributed by atoms with Gasteiger partial charge in [-0.2, -0.15) is 0 Å². The number of alkyl halides is 2. The van der Waals surface area contributed by atoms with E-state index in [2.05, 4.69) is 0 Å². The molecule has 2 aliphatic rings. The van der Waals surface area contributed by atoms with Gasteiger partial charge in [-0.25, -0.2) is 8.78 Å². The van der Waals surface area contributed by atoms with Crippen molar-refractivity contribution < 1.29 is 18.3 Å². The summed E-state index contributed by atoms with van der Waals surface area (Å²) in [5.74, 6) is 1.03. The lowest BCUT2D eigenvalue weighted by Crippen LogP contribution is -2.32. The largest absolute Gasteiger partial charge is 0.454 e. The van der Waals surface area contributed by atoms with Crippen molar-refractivity contribution in [3.05, 3.63) is 23.3 Å². The van der Waals surface area contributed by atoms with Gasteiger partial charge in [0.25, 0.3) is 6.43 Å². The van der Waals surface area contributed by atoms with Crippen molar-refractivity contribution in [2.24, 2.45) is 5.73 Å². The van der Waals surface area contributed by atoms with Crippen molar-refractivity contribution in [2.45, 2.75) is 37.5 Å². The summed E-state index contributed by atoms with van der Waals surface area (Å²) in [7, 11) is 0. The van der Waals surface area contributed by atoms with Crippen molar-refractivity contribution in [1.82, 2.24) is 0 Å². The number of hydrogen-bond acceptors (Lipinski definition) is 3. The first-order valence-electron chi connectivity index (χ1n) is 6.58. The maximum Gasteiger partial charge on any atom is 0.263 e. The van der Waals surface area contributed by atoms with Crippen LogP contribution in [0.2, 0.25) is 0 Å². The van der Waals surface area contributed by atoms with Crippen LogP contribution in [0.3, 0.4) is 0 Å². The molecular weight excluding hydrogens is 252 g/mol. The SMILES string of the molecule is NCC1(c2cc(C(F)F)cc3c2OCO3)CCCC1. The van der Waals surface area contributed by atoms with Gasteiger partial charge in [0.2, 0.25) is 6.79 Å². The Bertz CT molecular complexity index is 485. The summed E-state index contributed by atoms with van der Waals surface area (Å²) in [5.41, 5.74) is 6.49. The van der Waals surface area contributed by atoms with Crippen molar-refractivity contribution in [1.29, 1.82) is 0 Å². The Morgan fingerprint density at radius 2 is 1.95 bits per heavy atom. The standard InChI is InChI=1S/C14H17F2NO2/c15-13(16)9-5-10(12-11(6-9)18-8-19-12)14(7-17)3-1-2-4-14/h5-6,13H,1-4,7-8,17H2. The van der Waals surface area contributed by atoms with Crippen LogP contribution in [-0.4, -0.2) is 13.3 Å². The molecule has 1 saturated carbocycles. The van der Waals surface area contributed by atoms with E-state index in [0.29, 0.717) is 18.0 Å². The van der Waals surface area contributed by atoms with Gasteiger partial charge in [0.05, 0.1) is 0 Å². The van der Waals surface area contributed by atoms with Gasteiger partial charge in [-0.05, 0) is 25.0 Å². The molecule has 104 valence electrons. The summed E-state index contributed by atoms with van der Waals surface area (Å²) in [4.78, 5) is 0. The van der Waals surface area contributed by atoms with Gasteiger partial charge in [-0.15, -0.1) is 0 Å². The number of rotatable bonds is 3. The van der Waals surface area contributed by atoms with Crippen LogP contribution in [0.5, 0.6) is 11.5 Å². The molecule has 0 spiro atoms. The highest BCUT2D eigenvalue weighted by Crippen LogP contribution is 2.49. The Morgan fingerprint density at radius 3 is 2.58 bits per heavy atom. The summed E-state index contributed by atoms with van der Waals surface area (Å²) in [6.07, 6.45) is 1.49. The molecule has 0 atom stereocenters. The normalized spacial score (nSPS) is 20.2. The number of halogens is 2. The summed E-state index contributed by atoms with van der Waals surface area (Å²) in [6.45, 7) is 0.547. The van der Waals surface area contributed by atoms with Gasteiger partial charge in [0, 0.05) is 23.1 Å². The lowest BCUT2D eigenvalue weighted by atomic mass is 9.77. The molecule has 1 aromatic rings. The van der Waals surface area contributed by atoms with Gasteiger partial charge >= 0.3 is 0 Å². The molecule has 19 heavy (non-hydrogen) atoms. The van der Waals surface area contributed by atoms with Crippen molar-refractivity contribution in [3.8, 4) is 11.5 Å². The van der Waals surface area contributed by atoms with Crippen molar-refractivity contribution in [3.63, 3.8) is 0 Å².